The van der Waals surface area contributed by atoms with Crippen LogP contribution in [0.5, 0.6) is 5.75 Å². The number of carbonyl (C=O) groups is 1. The number of hydrogen-bond acceptors (Lipinski definition) is 3. The van der Waals surface area contributed by atoms with Gasteiger partial charge in [-0.1, -0.05) is 24.3 Å². The summed E-state index contributed by atoms with van der Waals surface area (Å²) in [5.74, 6) is 0.229. The van der Waals surface area contributed by atoms with Crippen LogP contribution in [0.15, 0.2) is 47.4 Å². The number of nitrogens with one attached hydrogen (secondary N) is 2. The van der Waals surface area contributed by atoms with Crippen molar-refractivity contribution in [3.05, 3.63) is 53.8 Å². The molecule has 4 nitrogen and oxygen atoms in total. The van der Waals surface area contributed by atoms with Crippen LogP contribution in [0, 0.1) is 5.82 Å². The molecule has 0 saturated carbocycles. The van der Waals surface area contributed by atoms with Crippen LogP contribution in [0.25, 0.3) is 0 Å². The van der Waals surface area contributed by atoms with E-state index in [2.05, 4.69) is 15.4 Å². The van der Waals surface area contributed by atoms with Crippen LogP contribution in [0.2, 0.25) is 0 Å². The smallest absolute Gasteiger partial charge is 0.387 e. The number of rotatable bonds is 4. The van der Waals surface area contributed by atoms with Crippen LogP contribution < -0.4 is 15.4 Å². The first-order valence-corrected chi connectivity index (χ1v) is 8.55. The van der Waals surface area contributed by atoms with E-state index in [1.807, 2.05) is 0 Å². The third kappa shape index (κ3) is 4.19. The summed E-state index contributed by atoms with van der Waals surface area (Å²) in [5.41, 5.74) is 0.841. The molecule has 2 aromatic rings. The van der Waals surface area contributed by atoms with Crippen LogP contribution in [0.1, 0.15) is 18.0 Å². The van der Waals surface area contributed by atoms with Gasteiger partial charge in [0.05, 0.1) is 11.7 Å². The van der Waals surface area contributed by atoms with Gasteiger partial charge in [-0.3, -0.25) is 0 Å². The van der Waals surface area contributed by atoms with Crippen molar-refractivity contribution < 1.29 is 22.7 Å². The maximum absolute atomic E-state index is 13.9. The number of urea groups is 1. The molecule has 2 amide bonds. The van der Waals surface area contributed by atoms with Gasteiger partial charge >= 0.3 is 12.6 Å². The van der Waals surface area contributed by atoms with Crippen LogP contribution in [0.3, 0.4) is 0 Å². The normalized spacial score (nSPS) is 16.2. The Hall–Kier alpha value is -2.35. The molecule has 1 unspecified atom stereocenters. The van der Waals surface area contributed by atoms with Gasteiger partial charge in [-0.2, -0.15) is 8.78 Å². The molecule has 0 aliphatic carbocycles. The van der Waals surface area contributed by atoms with E-state index < -0.39 is 12.6 Å². The Morgan fingerprint density at radius 2 is 2.00 bits per heavy atom. The number of carbonyl (C=O) groups excluding carboxylic acids is 1. The minimum atomic E-state index is -2.99. The zero-order valence-electron chi connectivity index (χ0n) is 13.0. The summed E-state index contributed by atoms with van der Waals surface area (Å²) in [7, 11) is 0. The van der Waals surface area contributed by atoms with E-state index in [0.29, 0.717) is 22.6 Å². The second kappa shape index (κ2) is 7.69. The lowest BCUT2D eigenvalue weighted by Crippen LogP contribution is -2.34. The molecule has 0 radical (unpaired) electrons. The van der Waals surface area contributed by atoms with E-state index in [1.54, 1.807) is 18.2 Å². The van der Waals surface area contributed by atoms with Crippen molar-refractivity contribution in [3.8, 4) is 5.75 Å². The zero-order chi connectivity index (χ0) is 17.8. The van der Waals surface area contributed by atoms with Gasteiger partial charge in [-0.25, -0.2) is 9.18 Å². The molecule has 0 fully saturated rings. The molecule has 1 aliphatic rings. The molecule has 2 aromatic carbocycles. The van der Waals surface area contributed by atoms with Crippen molar-refractivity contribution >= 4 is 23.5 Å². The average molecular weight is 368 g/mol. The van der Waals surface area contributed by atoms with Gasteiger partial charge < -0.3 is 15.4 Å². The molecule has 1 heterocycles. The maximum atomic E-state index is 13.9. The summed E-state index contributed by atoms with van der Waals surface area (Å²) in [6, 6.07) is 9.74. The number of anilines is 1. The van der Waals surface area contributed by atoms with Crippen molar-refractivity contribution in [1.82, 2.24) is 5.32 Å². The first kappa shape index (κ1) is 17.5. The van der Waals surface area contributed by atoms with Crippen LogP contribution in [0.4, 0.5) is 23.7 Å². The molecule has 132 valence electrons. The summed E-state index contributed by atoms with van der Waals surface area (Å²) in [5, 5.41) is 5.26. The summed E-state index contributed by atoms with van der Waals surface area (Å²) < 4.78 is 43.1. The standard InChI is InChI=1S/C17H15F3N2O2S/c18-11-5-3-4-10-12(8-9-25-15(10)11)21-17(23)22-13-6-1-2-7-14(13)24-16(19)20/h1-7,12,16H,8-9H2,(H2,21,22,23). The third-order valence-corrected chi connectivity index (χ3v) is 4.84. The second-order valence-electron chi connectivity index (χ2n) is 5.32. The number of thioether (sulfide) groups is 1. The fraction of sp³-hybridized carbons (Fsp3) is 0.235. The molecular formula is C17H15F3N2O2S. The molecule has 0 bridgehead atoms. The van der Waals surface area contributed by atoms with Crippen LogP contribution in [-0.4, -0.2) is 18.4 Å². The highest BCUT2D eigenvalue weighted by atomic mass is 32.2. The molecule has 8 heteroatoms. The summed E-state index contributed by atoms with van der Waals surface area (Å²) >= 11 is 1.41. The Bertz CT molecular complexity index is 773. The van der Waals surface area contributed by atoms with Gasteiger partial charge in [-0.05, 0) is 30.2 Å². The molecule has 2 N–H and O–H groups in total. The highest BCUT2D eigenvalue weighted by Gasteiger charge is 2.24. The van der Waals surface area contributed by atoms with Crippen LogP contribution in [-0.2, 0) is 0 Å². The Morgan fingerprint density at radius 1 is 1.20 bits per heavy atom. The number of ether oxygens (including phenoxy) is 1. The van der Waals surface area contributed by atoms with E-state index in [1.165, 1.54) is 36.0 Å². The number of amides is 2. The molecule has 0 aromatic heterocycles. The third-order valence-electron chi connectivity index (χ3n) is 3.68. The summed E-state index contributed by atoms with van der Waals surface area (Å²) in [4.78, 5) is 12.8. The van der Waals surface area contributed by atoms with E-state index in [0.717, 1.165) is 0 Å². The van der Waals surface area contributed by atoms with Gasteiger partial charge in [0.25, 0.3) is 0 Å². The van der Waals surface area contributed by atoms with Crippen molar-refractivity contribution in [2.75, 3.05) is 11.1 Å². The number of fused-ring (bicyclic) bond motifs is 1. The Balaban J connectivity index is 1.72. The minimum Gasteiger partial charge on any atom is -0.433 e. The van der Waals surface area contributed by atoms with Gasteiger partial charge in [0.15, 0.2) is 0 Å². The highest BCUT2D eigenvalue weighted by Crippen LogP contribution is 2.37. The van der Waals surface area contributed by atoms with Crippen molar-refractivity contribution in [2.45, 2.75) is 24.0 Å². The molecular weight excluding hydrogens is 353 g/mol. The number of alkyl halides is 2. The highest BCUT2D eigenvalue weighted by molar-refractivity contribution is 7.99. The summed E-state index contributed by atoms with van der Waals surface area (Å²) in [6.45, 7) is -2.99. The predicted octanol–water partition coefficient (Wildman–Crippen LogP) is 4.79. The Kier molecular flexibility index (Phi) is 5.37. The first-order valence-electron chi connectivity index (χ1n) is 7.57. The molecule has 3 rings (SSSR count). The van der Waals surface area contributed by atoms with E-state index in [9.17, 15) is 18.0 Å². The lowest BCUT2D eigenvalue weighted by molar-refractivity contribution is -0.0493. The molecule has 25 heavy (non-hydrogen) atoms. The van der Waals surface area contributed by atoms with E-state index in [4.69, 9.17) is 0 Å². The molecule has 0 saturated heterocycles. The monoisotopic (exact) mass is 368 g/mol. The molecule has 1 aliphatic heterocycles. The fourth-order valence-electron chi connectivity index (χ4n) is 2.62. The lowest BCUT2D eigenvalue weighted by atomic mass is 10.0. The van der Waals surface area contributed by atoms with Crippen molar-refractivity contribution in [3.63, 3.8) is 0 Å². The molecule has 0 spiro atoms. The van der Waals surface area contributed by atoms with E-state index in [-0.39, 0.29) is 23.3 Å². The number of halogens is 3. The average Bonchev–Trinajstić information content (AvgIpc) is 2.57. The Morgan fingerprint density at radius 3 is 2.80 bits per heavy atom. The molecule has 1 atom stereocenters. The maximum Gasteiger partial charge on any atom is 0.387 e. The predicted molar refractivity (Wildman–Crippen MR) is 89.7 cm³/mol. The lowest BCUT2D eigenvalue weighted by Gasteiger charge is -2.26. The zero-order valence-corrected chi connectivity index (χ0v) is 13.8. The summed E-state index contributed by atoms with van der Waals surface area (Å²) in [6.07, 6.45) is 0.643. The van der Waals surface area contributed by atoms with Gasteiger partial charge in [-0.15, -0.1) is 11.8 Å². The topological polar surface area (TPSA) is 50.4 Å². The van der Waals surface area contributed by atoms with Gasteiger partial charge in [0.1, 0.15) is 11.6 Å². The van der Waals surface area contributed by atoms with Crippen molar-refractivity contribution in [1.29, 1.82) is 0 Å². The Labute approximate surface area is 146 Å². The van der Waals surface area contributed by atoms with Crippen molar-refractivity contribution in [2.24, 2.45) is 0 Å². The largest absolute Gasteiger partial charge is 0.433 e. The number of para-hydroxylation sites is 2. The number of hydrogen-bond donors (Lipinski definition) is 2. The van der Waals surface area contributed by atoms with Gasteiger partial charge in [0.2, 0.25) is 0 Å². The number of benzene rings is 2. The minimum absolute atomic E-state index is 0.127. The quantitative estimate of drug-likeness (QED) is 0.816. The fourth-order valence-corrected chi connectivity index (χ4v) is 3.76. The van der Waals surface area contributed by atoms with Crippen LogP contribution >= 0.6 is 11.8 Å². The SMILES string of the molecule is O=C(Nc1ccccc1OC(F)F)NC1CCSc2c(F)cccc21. The second-order valence-corrected chi connectivity index (χ2v) is 6.43. The van der Waals surface area contributed by atoms with E-state index >= 15 is 0 Å². The first-order chi connectivity index (χ1) is 12.0. The van der Waals surface area contributed by atoms with Gasteiger partial charge in [0, 0.05) is 10.6 Å².